The minimum atomic E-state index is 0.169. The van der Waals surface area contributed by atoms with Crippen molar-refractivity contribution in [1.82, 2.24) is 4.98 Å². The summed E-state index contributed by atoms with van der Waals surface area (Å²) in [5.41, 5.74) is 5.28. The Hall–Kier alpha value is -3.01. The van der Waals surface area contributed by atoms with Crippen molar-refractivity contribution in [3.63, 3.8) is 0 Å². The maximum atomic E-state index is 6.29. The third kappa shape index (κ3) is 1.85. The highest BCUT2D eigenvalue weighted by Gasteiger charge is 2.35. The Labute approximate surface area is 146 Å². The van der Waals surface area contributed by atoms with Gasteiger partial charge in [0, 0.05) is 24.0 Å². The zero-order valence-corrected chi connectivity index (χ0v) is 14.5. The van der Waals surface area contributed by atoms with E-state index in [1.807, 2.05) is 24.4 Å². The van der Waals surface area contributed by atoms with Gasteiger partial charge >= 0.3 is 0 Å². The van der Waals surface area contributed by atoms with E-state index in [-0.39, 0.29) is 6.17 Å². The molecule has 5 rings (SSSR count). The van der Waals surface area contributed by atoms with E-state index in [0.717, 1.165) is 39.1 Å². The van der Waals surface area contributed by atoms with Gasteiger partial charge < -0.3 is 14.2 Å². The summed E-state index contributed by atoms with van der Waals surface area (Å²) < 4.78 is 6.29. The molecule has 0 unspecified atom stereocenters. The van der Waals surface area contributed by atoms with Gasteiger partial charge in [0.2, 0.25) is 0 Å². The summed E-state index contributed by atoms with van der Waals surface area (Å²) in [4.78, 5) is 9.20. The summed E-state index contributed by atoms with van der Waals surface area (Å²) in [6.45, 7) is 4.33. The molecule has 0 radical (unpaired) electrons. The number of para-hydroxylation sites is 1. The normalized spacial score (nSPS) is 16.8. The number of fused-ring (bicyclic) bond motifs is 4. The van der Waals surface area contributed by atoms with Crippen LogP contribution in [0.1, 0.15) is 12.5 Å². The van der Waals surface area contributed by atoms with Crippen LogP contribution in [0.15, 0.2) is 59.1 Å². The molecule has 1 atom stereocenters. The number of hydrogen-bond acceptors (Lipinski definition) is 4. The van der Waals surface area contributed by atoms with E-state index in [2.05, 4.69) is 66.0 Å². The first-order valence-electron chi connectivity index (χ1n) is 8.55. The molecule has 2 aromatic heterocycles. The van der Waals surface area contributed by atoms with E-state index in [1.54, 1.807) is 0 Å². The van der Waals surface area contributed by atoms with E-state index in [9.17, 15) is 0 Å². The topological polar surface area (TPSA) is 32.5 Å². The number of rotatable bonds is 1. The lowest BCUT2D eigenvalue weighted by molar-refractivity contribution is 0.661. The Morgan fingerprint density at radius 2 is 1.84 bits per heavy atom. The van der Waals surface area contributed by atoms with Crippen LogP contribution in [0.3, 0.4) is 0 Å². The van der Waals surface area contributed by atoms with Gasteiger partial charge in [-0.25, -0.2) is 4.98 Å². The van der Waals surface area contributed by atoms with Crippen LogP contribution in [-0.4, -0.2) is 18.2 Å². The van der Waals surface area contributed by atoms with Crippen molar-refractivity contribution >= 4 is 39.1 Å². The van der Waals surface area contributed by atoms with Crippen LogP contribution in [0.25, 0.3) is 21.9 Å². The molecule has 0 amide bonds. The summed E-state index contributed by atoms with van der Waals surface area (Å²) in [7, 11) is 2.11. The van der Waals surface area contributed by atoms with Crippen LogP contribution in [0.2, 0.25) is 0 Å². The van der Waals surface area contributed by atoms with Crippen molar-refractivity contribution in [3.8, 4) is 0 Å². The summed E-state index contributed by atoms with van der Waals surface area (Å²) in [5, 5.41) is 2.30. The molecular formula is C21H19N3O. The number of aryl methyl sites for hydroxylation is 1. The molecule has 1 aliphatic rings. The van der Waals surface area contributed by atoms with E-state index in [1.165, 1.54) is 5.56 Å². The Kier molecular flexibility index (Phi) is 2.86. The fourth-order valence-electron chi connectivity index (χ4n) is 3.87. The lowest BCUT2D eigenvalue weighted by Crippen LogP contribution is -2.36. The van der Waals surface area contributed by atoms with E-state index < -0.39 is 0 Å². The van der Waals surface area contributed by atoms with Gasteiger partial charge in [-0.3, -0.25) is 0 Å². The maximum Gasteiger partial charge on any atom is 0.159 e. The largest absolute Gasteiger partial charge is 0.454 e. The SMILES string of the molecule is Cc1ccc2c(oc3ccccc32)c1N1c2ncccc2N(C)[C@H]1C. The van der Waals surface area contributed by atoms with Gasteiger partial charge in [-0.05, 0) is 37.6 Å². The smallest absolute Gasteiger partial charge is 0.159 e. The molecule has 3 heterocycles. The molecule has 0 aliphatic carbocycles. The lowest BCUT2D eigenvalue weighted by Gasteiger charge is -2.28. The minimum Gasteiger partial charge on any atom is -0.454 e. The molecular weight excluding hydrogens is 310 g/mol. The minimum absolute atomic E-state index is 0.169. The molecule has 4 heteroatoms. The van der Waals surface area contributed by atoms with Crippen LogP contribution >= 0.6 is 0 Å². The average Bonchev–Trinajstić information content (AvgIpc) is 3.12. The predicted molar refractivity (Wildman–Crippen MR) is 103 cm³/mol. The third-order valence-corrected chi connectivity index (χ3v) is 5.27. The summed E-state index contributed by atoms with van der Waals surface area (Å²) in [6.07, 6.45) is 2.02. The molecule has 4 aromatic rings. The van der Waals surface area contributed by atoms with Gasteiger partial charge in [-0.1, -0.05) is 30.3 Å². The third-order valence-electron chi connectivity index (χ3n) is 5.27. The molecule has 0 saturated carbocycles. The number of aromatic nitrogens is 1. The van der Waals surface area contributed by atoms with E-state index in [4.69, 9.17) is 4.42 Å². The van der Waals surface area contributed by atoms with Crippen molar-refractivity contribution in [2.45, 2.75) is 20.0 Å². The average molecular weight is 329 g/mol. The predicted octanol–water partition coefficient (Wildman–Crippen LogP) is 5.22. The quantitative estimate of drug-likeness (QED) is 0.479. The molecule has 0 N–H and O–H groups in total. The second-order valence-corrected chi connectivity index (χ2v) is 6.66. The Morgan fingerprint density at radius 1 is 1.00 bits per heavy atom. The molecule has 0 bridgehead atoms. The zero-order valence-electron chi connectivity index (χ0n) is 14.5. The van der Waals surface area contributed by atoms with Crippen LogP contribution in [-0.2, 0) is 0 Å². The van der Waals surface area contributed by atoms with E-state index >= 15 is 0 Å². The number of pyridine rings is 1. The molecule has 124 valence electrons. The maximum absolute atomic E-state index is 6.29. The zero-order chi connectivity index (χ0) is 17.1. The first-order valence-corrected chi connectivity index (χ1v) is 8.55. The second kappa shape index (κ2) is 4.99. The number of anilines is 3. The van der Waals surface area contributed by atoms with Gasteiger partial charge in [-0.2, -0.15) is 0 Å². The standard InChI is InChI=1S/C21H19N3O/c1-13-10-11-16-15-7-4-5-9-18(15)25-20(16)19(13)24-14(2)23(3)17-8-6-12-22-21(17)24/h4-12,14H,1-3H3/t14-/m1/s1. The van der Waals surface area contributed by atoms with Crippen LogP contribution < -0.4 is 9.80 Å². The van der Waals surface area contributed by atoms with Crippen LogP contribution in [0.5, 0.6) is 0 Å². The van der Waals surface area contributed by atoms with Crippen molar-refractivity contribution in [1.29, 1.82) is 0 Å². The monoisotopic (exact) mass is 329 g/mol. The first kappa shape index (κ1) is 14.3. The Bertz CT molecular complexity index is 1110. The van der Waals surface area contributed by atoms with Crippen molar-refractivity contribution in [2.24, 2.45) is 0 Å². The second-order valence-electron chi connectivity index (χ2n) is 6.66. The Balaban J connectivity index is 1.85. The lowest BCUT2D eigenvalue weighted by atomic mass is 10.1. The summed E-state index contributed by atoms with van der Waals surface area (Å²) in [6, 6.07) is 16.6. The van der Waals surface area contributed by atoms with Crippen LogP contribution in [0.4, 0.5) is 17.2 Å². The first-order chi connectivity index (χ1) is 12.2. The van der Waals surface area contributed by atoms with Gasteiger partial charge in [0.05, 0.1) is 11.4 Å². The highest BCUT2D eigenvalue weighted by atomic mass is 16.3. The summed E-state index contributed by atoms with van der Waals surface area (Å²) >= 11 is 0. The van der Waals surface area contributed by atoms with E-state index in [0.29, 0.717) is 0 Å². The highest BCUT2D eigenvalue weighted by molar-refractivity contribution is 6.10. The van der Waals surface area contributed by atoms with Gasteiger partial charge in [0.15, 0.2) is 11.4 Å². The highest BCUT2D eigenvalue weighted by Crippen LogP contribution is 2.46. The Morgan fingerprint density at radius 3 is 2.72 bits per heavy atom. The van der Waals surface area contributed by atoms with Crippen molar-refractivity contribution in [3.05, 3.63) is 60.3 Å². The van der Waals surface area contributed by atoms with Crippen molar-refractivity contribution in [2.75, 3.05) is 16.8 Å². The fourth-order valence-corrected chi connectivity index (χ4v) is 3.87. The summed E-state index contributed by atoms with van der Waals surface area (Å²) in [5.74, 6) is 0.980. The molecule has 25 heavy (non-hydrogen) atoms. The number of hydrogen-bond donors (Lipinski definition) is 0. The number of nitrogens with zero attached hydrogens (tertiary/aromatic N) is 3. The number of furan rings is 1. The van der Waals surface area contributed by atoms with Gasteiger partial charge in [-0.15, -0.1) is 0 Å². The van der Waals surface area contributed by atoms with Gasteiger partial charge in [0.1, 0.15) is 11.7 Å². The molecule has 0 spiro atoms. The number of benzene rings is 2. The van der Waals surface area contributed by atoms with Crippen LogP contribution in [0, 0.1) is 6.92 Å². The molecule has 2 aromatic carbocycles. The molecule has 1 aliphatic heterocycles. The fraction of sp³-hybridized carbons (Fsp3) is 0.190. The van der Waals surface area contributed by atoms with Crippen molar-refractivity contribution < 1.29 is 4.42 Å². The molecule has 0 fully saturated rings. The molecule has 0 saturated heterocycles. The molecule has 4 nitrogen and oxygen atoms in total. The van der Waals surface area contributed by atoms with Gasteiger partial charge in [0.25, 0.3) is 0 Å².